The van der Waals surface area contributed by atoms with E-state index in [2.05, 4.69) is 21.1 Å². The number of aliphatic carboxylic acids is 1. The van der Waals surface area contributed by atoms with Gasteiger partial charge in [-0.15, -0.1) is 0 Å². The molecule has 2 amide bonds. The number of amides is 2. The molecule has 0 spiro atoms. The Morgan fingerprint density at radius 2 is 1.91 bits per heavy atom. The highest BCUT2D eigenvalue weighted by Crippen LogP contribution is 2.18. The number of fused-ring (bicyclic) bond motifs is 1. The van der Waals surface area contributed by atoms with Crippen LogP contribution in [0.4, 0.5) is 0 Å². The van der Waals surface area contributed by atoms with Gasteiger partial charge in [0.1, 0.15) is 6.04 Å². The number of imide groups is 1. The topological polar surface area (TPSA) is 116 Å². The number of carbonyl (C=O) groups excluding carboxylic acids is 2. The van der Waals surface area contributed by atoms with Crippen molar-refractivity contribution >= 4 is 44.8 Å². The maximum Gasteiger partial charge on any atom is 0.320 e. The van der Waals surface area contributed by atoms with E-state index in [0.29, 0.717) is 19.3 Å². The number of rotatable bonds is 3. The molecule has 1 atom stereocenters. The summed E-state index contributed by atoms with van der Waals surface area (Å²) in [7, 11) is 0. The van der Waals surface area contributed by atoms with Gasteiger partial charge < -0.3 is 15.8 Å². The molecule has 1 aliphatic rings. The van der Waals surface area contributed by atoms with E-state index >= 15 is 0 Å². The van der Waals surface area contributed by atoms with Gasteiger partial charge in [-0.05, 0) is 11.6 Å². The minimum Gasteiger partial charge on any atom is -0.480 e. The molecule has 4 N–H and O–H groups in total. The zero-order chi connectivity index (χ0) is 17.0. The standard InChI is InChI=1S/C11H12N2O2.C4H4BrNO2/c12-9(11(14)15)5-7-6-13-10-4-2-1-3-8(7)10;5-6-3(7)1-2-4(6)8/h1-4,6,9,13H,5,12H2,(H,14,15);1-2H2/t9-;/m0./s1. The van der Waals surface area contributed by atoms with E-state index in [0.717, 1.165) is 20.4 Å². The summed E-state index contributed by atoms with van der Waals surface area (Å²) >= 11 is 2.80. The monoisotopic (exact) mass is 381 g/mol. The number of nitrogens with one attached hydrogen (secondary N) is 1. The Hall–Kier alpha value is -2.19. The van der Waals surface area contributed by atoms with Crippen LogP contribution in [0.3, 0.4) is 0 Å². The molecule has 23 heavy (non-hydrogen) atoms. The summed E-state index contributed by atoms with van der Waals surface area (Å²) < 4.78 is 0.979. The van der Waals surface area contributed by atoms with Crippen LogP contribution >= 0.6 is 16.1 Å². The molecule has 0 saturated carbocycles. The maximum atomic E-state index is 10.6. The van der Waals surface area contributed by atoms with Crippen LogP contribution in [-0.2, 0) is 20.8 Å². The second-order valence-corrected chi connectivity index (χ2v) is 5.79. The van der Waals surface area contributed by atoms with Gasteiger partial charge in [-0.2, -0.15) is 0 Å². The summed E-state index contributed by atoms with van der Waals surface area (Å²) in [6, 6.07) is 6.91. The molecule has 0 radical (unpaired) electrons. The van der Waals surface area contributed by atoms with Crippen LogP contribution in [0, 0.1) is 0 Å². The Morgan fingerprint density at radius 1 is 1.30 bits per heavy atom. The Labute approximate surface area is 140 Å². The largest absolute Gasteiger partial charge is 0.480 e. The highest BCUT2D eigenvalue weighted by atomic mass is 79.9. The van der Waals surface area contributed by atoms with Crippen molar-refractivity contribution in [2.24, 2.45) is 5.73 Å². The summed E-state index contributed by atoms with van der Waals surface area (Å²) in [6.07, 6.45) is 2.86. The number of para-hydroxylation sites is 1. The van der Waals surface area contributed by atoms with Crippen LogP contribution in [-0.4, -0.2) is 37.8 Å². The third kappa shape index (κ3) is 4.17. The number of nitrogens with two attached hydrogens (primary N) is 1. The molecule has 8 heteroatoms. The van der Waals surface area contributed by atoms with Gasteiger partial charge >= 0.3 is 5.97 Å². The van der Waals surface area contributed by atoms with E-state index in [9.17, 15) is 14.4 Å². The summed E-state index contributed by atoms with van der Waals surface area (Å²) in [6.45, 7) is 0. The number of carbonyl (C=O) groups is 3. The summed E-state index contributed by atoms with van der Waals surface area (Å²) in [5, 5.41) is 9.75. The first kappa shape index (κ1) is 17.2. The third-order valence-corrected chi connectivity index (χ3v) is 4.21. The molecule has 7 nitrogen and oxygen atoms in total. The summed E-state index contributed by atoms with van der Waals surface area (Å²) in [5.74, 6) is -1.26. The predicted molar refractivity (Wildman–Crippen MR) is 87.6 cm³/mol. The van der Waals surface area contributed by atoms with Crippen LogP contribution in [0.1, 0.15) is 18.4 Å². The second kappa shape index (κ2) is 7.38. The molecule has 122 valence electrons. The van der Waals surface area contributed by atoms with Crippen molar-refractivity contribution in [2.75, 3.05) is 0 Å². The molecule has 0 unspecified atom stereocenters. The number of aromatic amines is 1. The average molecular weight is 382 g/mol. The Balaban J connectivity index is 0.000000203. The number of benzene rings is 1. The lowest BCUT2D eigenvalue weighted by Gasteiger charge is -2.04. The Morgan fingerprint density at radius 3 is 2.43 bits per heavy atom. The van der Waals surface area contributed by atoms with Gasteiger partial charge in [-0.1, -0.05) is 18.2 Å². The number of carboxylic acids is 1. The normalized spacial score (nSPS) is 15.5. The van der Waals surface area contributed by atoms with E-state index in [-0.39, 0.29) is 11.8 Å². The highest BCUT2D eigenvalue weighted by Gasteiger charge is 2.26. The number of aromatic nitrogens is 1. The Bertz CT molecular complexity index is 727. The van der Waals surface area contributed by atoms with Crippen LogP contribution in [0.2, 0.25) is 0 Å². The van der Waals surface area contributed by atoms with Crippen molar-refractivity contribution in [3.05, 3.63) is 36.0 Å². The first-order valence-corrected chi connectivity index (χ1v) is 7.66. The minimum absolute atomic E-state index is 0.144. The first-order valence-electron chi connectivity index (χ1n) is 6.95. The van der Waals surface area contributed by atoms with Gasteiger partial charge in [-0.3, -0.25) is 14.4 Å². The fourth-order valence-electron chi connectivity index (χ4n) is 2.17. The SMILES string of the molecule is N[C@@H](Cc1c[nH]c2ccccc12)C(=O)O.O=C1CCC(=O)N1Br. The quantitative estimate of drug-likeness (QED) is 0.550. The van der Waals surface area contributed by atoms with E-state index in [1.165, 1.54) is 0 Å². The molecule has 3 rings (SSSR count). The van der Waals surface area contributed by atoms with Crippen LogP contribution in [0.5, 0.6) is 0 Å². The van der Waals surface area contributed by atoms with Gasteiger partial charge in [0.05, 0.1) is 16.1 Å². The number of carboxylic acid groups (broad SMARTS) is 1. The van der Waals surface area contributed by atoms with Crippen LogP contribution in [0.25, 0.3) is 10.9 Å². The molecule has 1 aromatic heterocycles. The van der Waals surface area contributed by atoms with E-state index in [1.54, 1.807) is 0 Å². The summed E-state index contributed by atoms with van der Waals surface area (Å²) in [4.78, 5) is 34.6. The molecule has 1 saturated heterocycles. The second-order valence-electron chi connectivity index (χ2n) is 5.08. The number of hydrogen-bond donors (Lipinski definition) is 3. The van der Waals surface area contributed by atoms with Crippen molar-refractivity contribution in [1.82, 2.24) is 8.91 Å². The van der Waals surface area contributed by atoms with Gasteiger partial charge in [0.25, 0.3) is 0 Å². The zero-order valence-corrected chi connectivity index (χ0v) is 13.7. The van der Waals surface area contributed by atoms with E-state index in [1.807, 2.05) is 30.5 Å². The molecule has 0 aliphatic carbocycles. The molecular weight excluding hydrogens is 366 g/mol. The van der Waals surface area contributed by atoms with Crippen molar-refractivity contribution in [3.63, 3.8) is 0 Å². The molecule has 2 heterocycles. The van der Waals surface area contributed by atoms with Crippen LogP contribution in [0.15, 0.2) is 30.5 Å². The number of hydrogen-bond acceptors (Lipinski definition) is 4. The van der Waals surface area contributed by atoms with Gasteiger partial charge in [0.2, 0.25) is 11.8 Å². The molecule has 0 bridgehead atoms. The smallest absolute Gasteiger partial charge is 0.320 e. The number of H-pyrrole nitrogens is 1. The lowest BCUT2D eigenvalue weighted by Crippen LogP contribution is -2.32. The molecule has 1 fully saturated rings. The van der Waals surface area contributed by atoms with Crippen LogP contribution < -0.4 is 5.73 Å². The minimum atomic E-state index is -0.972. The van der Waals surface area contributed by atoms with E-state index < -0.39 is 12.0 Å². The predicted octanol–water partition coefficient (Wildman–Crippen LogP) is 1.57. The zero-order valence-electron chi connectivity index (χ0n) is 12.2. The maximum absolute atomic E-state index is 10.6. The van der Waals surface area contributed by atoms with Crippen molar-refractivity contribution < 1.29 is 19.5 Å². The molecule has 2 aromatic rings. The summed E-state index contributed by atoms with van der Waals surface area (Å²) in [5.41, 5.74) is 7.43. The fraction of sp³-hybridized carbons (Fsp3) is 0.267. The highest BCUT2D eigenvalue weighted by molar-refractivity contribution is 9.08. The average Bonchev–Trinajstić information content (AvgIpc) is 3.07. The molecular formula is C15H16BrN3O4. The van der Waals surface area contributed by atoms with Crippen molar-refractivity contribution in [1.29, 1.82) is 0 Å². The van der Waals surface area contributed by atoms with Crippen molar-refractivity contribution in [3.8, 4) is 0 Å². The van der Waals surface area contributed by atoms with Gasteiger partial charge in [0, 0.05) is 36.4 Å². The first-order chi connectivity index (χ1) is 10.9. The number of halogens is 1. The molecule has 1 aromatic carbocycles. The van der Waals surface area contributed by atoms with Gasteiger partial charge in [0.15, 0.2) is 0 Å². The Kier molecular flexibility index (Phi) is 5.51. The van der Waals surface area contributed by atoms with E-state index in [4.69, 9.17) is 10.8 Å². The molecule has 1 aliphatic heterocycles. The lowest BCUT2D eigenvalue weighted by atomic mass is 10.1. The lowest BCUT2D eigenvalue weighted by molar-refractivity contribution is -0.138. The van der Waals surface area contributed by atoms with Crippen molar-refractivity contribution in [2.45, 2.75) is 25.3 Å². The third-order valence-electron chi connectivity index (χ3n) is 3.42. The number of nitrogens with zero attached hydrogens (tertiary/aromatic N) is 1. The fourth-order valence-corrected chi connectivity index (χ4v) is 2.53. The van der Waals surface area contributed by atoms with Gasteiger partial charge in [-0.25, -0.2) is 3.93 Å².